The Morgan fingerprint density at radius 2 is 2.32 bits per heavy atom. The molecule has 1 saturated carbocycles. The maximum Gasteiger partial charge on any atom is 0.325 e. The quantitative estimate of drug-likeness (QED) is 0.814. The van der Waals surface area contributed by atoms with Crippen molar-refractivity contribution in [2.24, 2.45) is 0 Å². The smallest absolute Gasteiger partial charge is 0.325 e. The van der Waals surface area contributed by atoms with E-state index in [1.807, 2.05) is 11.8 Å². The summed E-state index contributed by atoms with van der Waals surface area (Å²) in [5, 5.41) is 15.3. The van der Waals surface area contributed by atoms with Gasteiger partial charge < -0.3 is 15.3 Å². The van der Waals surface area contributed by atoms with E-state index in [0.717, 1.165) is 25.8 Å². The fourth-order valence-electron chi connectivity index (χ4n) is 1.93. The van der Waals surface area contributed by atoms with Crippen molar-refractivity contribution < 1.29 is 14.7 Å². The number of carboxylic acids is 1. The number of aromatic nitrogens is 2. The van der Waals surface area contributed by atoms with Crippen molar-refractivity contribution in [1.29, 1.82) is 0 Å². The number of anilines is 1. The molecule has 1 aromatic heterocycles. The third-order valence-corrected chi connectivity index (χ3v) is 2.89. The van der Waals surface area contributed by atoms with E-state index < -0.39 is 5.97 Å². The van der Waals surface area contributed by atoms with Crippen molar-refractivity contribution >= 4 is 17.7 Å². The molecule has 0 aliphatic heterocycles. The topological polar surface area (TPSA) is 87.5 Å². The lowest BCUT2D eigenvalue weighted by molar-refractivity contribution is -0.137. The summed E-state index contributed by atoms with van der Waals surface area (Å²) in [5.41, 5.74) is 0.521. The molecule has 0 radical (unpaired) electrons. The molecule has 0 atom stereocenters. The van der Waals surface area contributed by atoms with Crippen LogP contribution in [0.15, 0.2) is 12.4 Å². The maximum atomic E-state index is 12.1. The van der Waals surface area contributed by atoms with Crippen LogP contribution >= 0.6 is 0 Å². The largest absolute Gasteiger partial charge is 0.480 e. The number of urea groups is 1. The molecule has 104 valence electrons. The molecule has 1 fully saturated rings. The highest BCUT2D eigenvalue weighted by molar-refractivity contribution is 5.89. The van der Waals surface area contributed by atoms with Crippen molar-refractivity contribution in [2.45, 2.75) is 38.8 Å². The molecule has 2 rings (SSSR count). The molecule has 19 heavy (non-hydrogen) atoms. The van der Waals surface area contributed by atoms with E-state index in [4.69, 9.17) is 5.11 Å². The van der Waals surface area contributed by atoms with E-state index in [1.165, 1.54) is 17.1 Å². The summed E-state index contributed by atoms with van der Waals surface area (Å²) in [5.74, 6) is -0.966. The van der Waals surface area contributed by atoms with Gasteiger partial charge in [-0.05, 0) is 19.3 Å². The molecule has 1 aromatic rings. The summed E-state index contributed by atoms with van der Waals surface area (Å²) in [6.07, 6.45) is 6.01. The normalized spacial score (nSPS) is 14.2. The fraction of sp³-hybridized carbons (Fsp3) is 0.583. The Balaban J connectivity index is 1.93. The molecule has 0 saturated heterocycles. The summed E-state index contributed by atoms with van der Waals surface area (Å²) < 4.78 is 1.28. The Bertz CT molecular complexity index is 467. The third kappa shape index (κ3) is 3.70. The summed E-state index contributed by atoms with van der Waals surface area (Å²) in [6.45, 7) is 2.56. The van der Waals surface area contributed by atoms with Gasteiger partial charge in [-0.3, -0.25) is 9.48 Å². The lowest BCUT2D eigenvalue weighted by atomic mass is 10.4. The van der Waals surface area contributed by atoms with Gasteiger partial charge in [-0.15, -0.1) is 0 Å². The molecule has 7 heteroatoms. The molecule has 1 aliphatic rings. The van der Waals surface area contributed by atoms with E-state index in [9.17, 15) is 9.59 Å². The number of aliphatic carboxylic acids is 1. The molecular weight excluding hydrogens is 248 g/mol. The standard InChI is InChI=1S/C12H18N4O3/c1-2-5-16(10-3-4-10)12(19)14-9-6-13-15(7-9)8-11(17)18/h6-7,10H,2-5,8H2,1H3,(H,14,19)(H,17,18). The van der Waals surface area contributed by atoms with Crippen LogP contribution in [-0.4, -0.2) is 44.4 Å². The van der Waals surface area contributed by atoms with Crippen molar-refractivity contribution in [3.05, 3.63) is 12.4 Å². The minimum atomic E-state index is -0.966. The predicted octanol–water partition coefficient (Wildman–Crippen LogP) is 1.37. The lowest BCUT2D eigenvalue weighted by Gasteiger charge is -2.21. The highest BCUT2D eigenvalue weighted by atomic mass is 16.4. The number of hydrogen-bond donors (Lipinski definition) is 2. The molecule has 0 bridgehead atoms. The molecule has 1 heterocycles. The van der Waals surface area contributed by atoms with E-state index >= 15 is 0 Å². The number of carbonyl (C=O) groups excluding carboxylic acids is 1. The van der Waals surface area contributed by atoms with Gasteiger partial charge in [0.25, 0.3) is 0 Å². The van der Waals surface area contributed by atoms with Crippen LogP contribution < -0.4 is 5.32 Å². The Hall–Kier alpha value is -2.05. The minimum Gasteiger partial charge on any atom is -0.480 e. The molecule has 7 nitrogen and oxygen atoms in total. The number of rotatable bonds is 6. The van der Waals surface area contributed by atoms with Gasteiger partial charge in [0.2, 0.25) is 0 Å². The number of hydrogen-bond acceptors (Lipinski definition) is 3. The monoisotopic (exact) mass is 266 g/mol. The summed E-state index contributed by atoms with van der Waals surface area (Å²) >= 11 is 0. The molecular formula is C12H18N4O3. The van der Waals surface area contributed by atoms with Gasteiger partial charge in [-0.25, -0.2) is 4.79 Å². The maximum absolute atomic E-state index is 12.1. The third-order valence-electron chi connectivity index (χ3n) is 2.89. The summed E-state index contributed by atoms with van der Waals surface area (Å²) in [6, 6.07) is 0.216. The SMILES string of the molecule is CCCN(C(=O)Nc1cnn(CC(=O)O)c1)C1CC1. The van der Waals surface area contributed by atoms with Gasteiger partial charge in [0, 0.05) is 18.8 Å². The highest BCUT2D eigenvalue weighted by Gasteiger charge is 2.31. The number of nitrogens with zero attached hydrogens (tertiary/aromatic N) is 3. The Morgan fingerprint density at radius 3 is 2.89 bits per heavy atom. The molecule has 0 aromatic carbocycles. The van der Waals surface area contributed by atoms with E-state index in [2.05, 4.69) is 10.4 Å². The molecule has 2 N–H and O–H groups in total. The molecule has 0 spiro atoms. The van der Waals surface area contributed by atoms with Gasteiger partial charge >= 0.3 is 12.0 Å². The van der Waals surface area contributed by atoms with Gasteiger partial charge in [0.05, 0.1) is 11.9 Å². The van der Waals surface area contributed by atoms with Gasteiger partial charge in [0.15, 0.2) is 0 Å². The Labute approximate surface area is 111 Å². The van der Waals surface area contributed by atoms with E-state index in [-0.39, 0.29) is 12.6 Å². The zero-order valence-corrected chi connectivity index (χ0v) is 10.9. The second-order valence-corrected chi connectivity index (χ2v) is 4.68. The van der Waals surface area contributed by atoms with Crippen LogP contribution in [-0.2, 0) is 11.3 Å². The van der Waals surface area contributed by atoms with Crippen molar-refractivity contribution in [2.75, 3.05) is 11.9 Å². The van der Waals surface area contributed by atoms with Gasteiger partial charge in [-0.2, -0.15) is 5.10 Å². The Kier molecular flexibility index (Phi) is 4.03. The molecule has 1 aliphatic carbocycles. The van der Waals surface area contributed by atoms with Gasteiger partial charge in [-0.1, -0.05) is 6.92 Å². The van der Waals surface area contributed by atoms with Crippen LogP contribution in [0.3, 0.4) is 0 Å². The van der Waals surface area contributed by atoms with Crippen molar-refractivity contribution in [3.63, 3.8) is 0 Å². The van der Waals surface area contributed by atoms with Crippen LogP contribution in [0.25, 0.3) is 0 Å². The van der Waals surface area contributed by atoms with Gasteiger partial charge in [0.1, 0.15) is 6.54 Å². The molecule has 2 amide bonds. The first-order chi connectivity index (χ1) is 9.10. The first kappa shape index (κ1) is 13.4. The zero-order chi connectivity index (χ0) is 13.8. The second kappa shape index (κ2) is 5.73. The van der Waals surface area contributed by atoms with Crippen molar-refractivity contribution in [3.8, 4) is 0 Å². The summed E-state index contributed by atoms with van der Waals surface area (Å²) in [7, 11) is 0. The average Bonchev–Trinajstić information content (AvgIpc) is 3.08. The number of nitrogens with one attached hydrogen (secondary N) is 1. The van der Waals surface area contributed by atoms with E-state index in [1.54, 1.807) is 0 Å². The first-order valence-corrected chi connectivity index (χ1v) is 6.42. The van der Waals surface area contributed by atoms with Crippen molar-refractivity contribution in [1.82, 2.24) is 14.7 Å². The van der Waals surface area contributed by atoms with Crippen LogP contribution in [0, 0.1) is 0 Å². The fourth-order valence-corrected chi connectivity index (χ4v) is 1.93. The second-order valence-electron chi connectivity index (χ2n) is 4.68. The Morgan fingerprint density at radius 1 is 1.58 bits per heavy atom. The van der Waals surface area contributed by atoms with Crippen LogP contribution in [0.2, 0.25) is 0 Å². The minimum absolute atomic E-state index is 0.140. The van der Waals surface area contributed by atoms with Crippen LogP contribution in [0.1, 0.15) is 26.2 Å². The number of carboxylic acid groups (broad SMARTS) is 1. The molecule has 0 unspecified atom stereocenters. The number of carbonyl (C=O) groups is 2. The number of amides is 2. The highest BCUT2D eigenvalue weighted by Crippen LogP contribution is 2.27. The van der Waals surface area contributed by atoms with Crippen LogP contribution in [0.4, 0.5) is 10.5 Å². The van der Waals surface area contributed by atoms with E-state index in [0.29, 0.717) is 11.7 Å². The van der Waals surface area contributed by atoms with Crippen LogP contribution in [0.5, 0.6) is 0 Å². The predicted molar refractivity (Wildman–Crippen MR) is 68.9 cm³/mol. The first-order valence-electron chi connectivity index (χ1n) is 6.42. The summed E-state index contributed by atoms with van der Waals surface area (Å²) in [4.78, 5) is 24.4. The lowest BCUT2D eigenvalue weighted by Crippen LogP contribution is -2.37. The average molecular weight is 266 g/mol. The zero-order valence-electron chi connectivity index (χ0n) is 10.9.